The van der Waals surface area contributed by atoms with Crippen LogP contribution in [0.25, 0.3) is 0 Å². The number of halogens is 1. The molecule has 0 bridgehead atoms. The molecule has 1 unspecified atom stereocenters. The number of rotatable bonds is 4. The zero-order chi connectivity index (χ0) is 15.4. The van der Waals surface area contributed by atoms with Crippen LogP contribution in [0.5, 0.6) is 0 Å². The maximum atomic E-state index is 12.1. The van der Waals surface area contributed by atoms with Crippen molar-refractivity contribution in [1.29, 1.82) is 0 Å². The topological polar surface area (TPSA) is 98.2 Å². The third-order valence-electron chi connectivity index (χ3n) is 2.94. The van der Waals surface area contributed by atoms with Gasteiger partial charge in [-0.2, -0.15) is 0 Å². The molecule has 0 radical (unpaired) electrons. The van der Waals surface area contributed by atoms with E-state index in [2.05, 4.69) is 5.32 Å². The van der Waals surface area contributed by atoms with Gasteiger partial charge in [0.2, 0.25) is 11.8 Å². The van der Waals surface area contributed by atoms with Crippen LogP contribution < -0.4 is 16.8 Å². The van der Waals surface area contributed by atoms with E-state index in [1.165, 1.54) is 12.1 Å². The summed E-state index contributed by atoms with van der Waals surface area (Å²) in [6, 6.07) is 12.7. The maximum absolute atomic E-state index is 12.1. The Morgan fingerprint density at radius 1 is 1.10 bits per heavy atom. The first kappa shape index (κ1) is 15.0. The van der Waals surface area contributed by atoms with Crippen molar-refractivity contribution in [2.24, 2.45) is 11.5 Å². The fraction of sp³-hybridized carbons (Fsp3) is 0.0667. The Morgan fingerprint density at radius 2 is 1.76 bits per heavy atom. The summed E-state index contributed by atoms with van der Waals surface area (Å²) in [5.74, 6) is -0.997. The quantitative estimate of drug-likeness (QED) is 0.806. The van der Waals surface area contributed by atoms with Crippen LogP contribution in [0.3, 0.4) is 0 Å². The van der Waals surface area contributed by atoms with Crippen LogP contribution in [-0.2, 0) is 4.79 Å². The molecular formula is C15H14ClN3O2. The summed E-state index contributed by atoms with van der Waals surface area (Å²) in [6.45, 7) is 0. The van der Waals surface area contributed by atoms with Gasteiger partial charge in [0.05, 0.1) is 10.6 Å². The second kappa shape index (κ2) is 6.39. The molecule has 6 heteroatoms. The first-order chi connectivity index (χ1) is 9.99. The van der Waals surface area contributed by atoms with Crippen molar-refractivity contribution < 1.29 is 9.59 Å². The molecule has 0 aromatic heterocycles. The van der Waals surface area contributed by atoms with Gasteiger partial charge in [0.15, 0.2) is 0 Å². The molecule has 2 amide bonds. The number of nitrogens with two attached hydrogens (primary N) is 2. The van der Waals surface area contributed by atoms with Crippen molar-refractivity contribution in [2.45, 2.75) is 6.04 Å². The molecule has 0 spiro atoms. The summed E-state index contributed by atoms with van der Waals surface area (Å²) in [4.78, 5) is 23.2. The zero-order valence-corrected chi connectivity index (χ0v) is 11.8. The van der Waals surface area contributed by atoms with E-state index in [-0.39, 0.29) is 16.5 Å². The third kappa shape index (κ3) is 3.59. The van der Waals surface area contributed by atoms with Crippen LogP contribution in [0, 0.1) is 0 Å². The highest BCUT2D eigenvalue weighted by atomic mass is 35.5. The molecule has 2 aromatic carbocycles. The van der Waals surface area contributed by atoms with Crippen LogP contribution in [-0.4, -0.2) is 11.8 Å². The Balaban J connectivity index is 2.13. The molecule has 1 atom stereocenters. The molecule has 0 saturated heterocycles. The van der Waals surface area contributed by atoms with E-state index in [9.17, 15) is 9.59 Å². The summed E-state index contributed by atoms with van der Waals surface area (Å²) in [6.07, 6.45) is 0. The molecule has 2 aromatic rings. The van der Waals surface area contributed by atoms with E-state index in [1.807, 2.05) is 6.07 Å². The van der Waals surface area contributed by atoms with E-state index < -0.39 is 11.9 Å². The third-order valence-corrected chi connectivity index (χ3v) is 3.26. The van der Waals surface area contributed by atoms with Gasteiger partial charge < -0.3 is 16.8 Å². The normalized spacial score (nSPS) is 11.7. The highest BCUT2D eigenvalue weighted by molar-refractivity contribution is 6.34. The van der Waals surface area contributed by atoms with Crippen LogP contribution in [0.15, 0.2) is 48.5 Å². The van der Waals surface area contributed by atoms with E-state index >= 15 is 0 Å². The lowest BCUT2D eigenvalue weighted by Crippen LogP contribution is -2.27. The van der Waals surface area contributed by atoms with Gasteiger partial charge in [0, 0.05) is 5.69 Å². The summed E-state index contributed by atoms with van der Waals surface area (Å²) in [7, 11) is 0. The largest absolute Gasteiger partial charge is 0.366 e. The Bertz CT molecular complexity index is 674. The van der Waals surface area contributed by atoms with Gasteiger partial charge in [-0.1, -0.05) is 41.9 Å². The molecule has 108 valence electrons. The maximum Gasteiger partial charge on any atom is 0.250 e. The van der Waals surface area contributed by atoms with E-state index in [1.54, 1.807) is 30.3 Å². The molecular weight excluding hydrogens is 290 g/mol. The Morgan fingerprint density at radius 3 is 2.33 bits per heavy atom. The lowest BCUT2D eigenvalue weighted by molar-refractivity contribution is -0.117. The minimum atomic E-state index is -0.791. The molecule has 0 aliphatic carbocycles. The fourth-order valence-corrected chi connectivity index (χ4v) is 2.10. The fourth-order valence-electron chi connectivity index (χ4n) is 1.82. The number of anilines is 1. The van der Waals surface area contributed by atoms with E-state index in [0.717, 1.165) is 0 Å². The molecule has 0 fully saturated rings. The Labute approximate surface area is 126 Å². The van der Waals surface area contributed by atoms with Crippen molar-refractivity contribution in [3.63, 3.8) is 0 Å². The number of carbonyl (C=O) groups excluding carboxylic acids is 2. The highest BCUT2D eigenvalue weighted by Crippen LogP contribution is 2.21. The predicted octanol–water partition coefficient (Wildman–Crippen LogP) is 2.08. The first-order valence-corrected chi connectivity index (χ1v) is 6.57. The summed E-state index contributed by atoms with van der Waals surface area (Å²) < 4.78 is 0. The van der Waals surface area contributed by atoms with Crippen LogP contribution in [0.1, 0.15) is 22.0 Å². The van der Waals surface area contributed by atoms with Crippen LogP contribution in [0.2, 0.25) is 5.02 Å². The van der Waals surface area contributed by atoms with Crippen LogP contribution in [0.4, 0.5) is 5.69 Å². The first-order valence-electron chi connectivity index (χ1n) is 6.20. The van der Waals surface area contributed by atoms with Gasteiger partial charge in [-0.25, -0.2) is 0 Å². The molecule has 0 saturated carbocycles. The molecule has 21 heavy (non-hydrogen) atoms. The molecule has 0 heterocycles. The average molecular weight is 304 g/mol. The highest BCUT2D eigenvalue weighted by Gasteiger charge is 2.16. The van der Waals surface area contributed by atoms with E-state index in [0.29, 0.717) is 11.3 Å². The lowest BCUT2D eigenvalue weighted by Gasteiger charge is -2.13. The van der Waals surface area contributed by atoms with Crippen molar-refractivity contribution in [3.05, 3.63) is 64.7 Å². The number of benzene rings is 2. The van der Waals surface area contributed by atoms with Crippen LogP contribution >= 0.6 is 11.6 Å². The number of carbonyl (C=O) groups is 2. The van der Waals surface area contributed by atoms with Crippen molar-refractivity contribution in [3.8, 4) is 0 Å². The van der Waals surface area contributed by atoms with Gasteiger partial charge in [0.1, 0.15) is 6.04 Å². The van der Waals surface area contributed by atoms with Gasteiger partial charge in [-0.05, 0) is 23.8 Å². The van der Waals surface area contributed by atoms with Gasteiger partial charge in [-0.15, -0.1) is 0 Å². The van der Waals surface area contributed by atoms with Crippen molar-refractivity contribution in [1.82, 2.24) is 0 Å². The summed E-state index contributed by atoms with van der Waals surface area (Å²) in [5.41, 5.74) is 12.4. The molecule has 5 N–H and O–H groups in total. The minimum absolute atomic E-state index is 0.175. The average Bonchev–Trinajstić information content (AvgIpc) is 2.47. The SMILES string of the molecule is NC(=O)c1ccc(NC(=O)C(N)c2ccccc2)cc1Cl. The number of amides is 2. The van der Waals surface area contributed by atoms with Gasteiger partial charge in [-0.3, -0.25) is 9.59 Å². The number of hydrogen-bond acceptors (Lipinski definition) is 3. The standard InChI is InChI=1S/C15H14ClN3O2/c16-12-8-10(6-7-11(12)14(18)20)19-15(21)13(17)9-4-2-1-3-5-9/h1-8,13H,17H2,(H2,18,20)(H,19,21). The number of primary amides is 1. The molecule has 2 rings (SSSR count). The molecule has 5 nitrogen and oxygen atoms in total. The van der Waals surface area contributed by atoms with Gasteiger partial charge >= 0.3 is 0 Å². The number of nitrogens with one attached hydrogen (secondary N) is 1. The van der Waals surface area contributed by atoms with Crippen molar-refractivity contribution >= 4 is 29.1 Å². The molecule has 0 aliphatic rings. The lowest BCUT2D eigenvalue weighted by atomic mass is 10.1. The zero-order valence-electron chi connectivity index (χ0n) is 11.0. The number of hydrogen-bond donors (Lipinski definition) is 3. The molecule has 0 aliphatic heterocycles. The van der Waals surface area contributed by atoms with E-state index in [4.69, 9.17) is 23.1 Å². The summed E-state index contributed by atoms with van der Waals surface area (Å²) >= 11 is 5.92. The van der Waals surface area contributed by atoms with Gasteiger partial charge in [0.25, 0.3) is 0 Å². The predicted molar refractivity (Wildman–Crippen MR) is 82.0 cm³/mol. The summed E-state index contributed by atoms with van der Waals surface area (Å²) in [5, 5.41) is 2.82. The second-order valence-electron chi connectivity index (χ2n) is 4.44. The minimum Gasteiger partial charge on any atom is -0.366 e. The monoisotopic (exact) mass is 303 g/mol. The second-order valence-corrected chi connectivity index (χ2v) is 4.84. The van der Waals surface area contributed by atoms with Crippen molar-refractivity contribution in [2.75, 3.05) is 5.32 Å². The smallest absolute Gasteiger partial charge is 0.250 e. The Kier molecular flexibility index (Phi) is 4.57. The Hall–Kier alpha value is -2.37.